The molecule has 0 aliphatic heterocycles. The molecule has 0 fully saturated rings. The smallest absolute Gasteiger partial charge is 0.0361 e. The summed E-state index contributed by atoms with van der Waals surface area (Å²) < 4.78 is 2.40. The van der Waals surface area contributed by atoms with Crippen LogP contribution in [0.5, 0.6) is 0 Å². The Morgan fingerprint density at radius 1 is 1.25 bits per heavy atom. The van der Waals surface area contributed by atoms with E-state index in [9.17, 15) is 0 Å². The monoisotopic (exact) mass is 222 g/mol. The minimum absolute atomic E-state index is 0.552. The second-order valence-electron chi connectivity index (χ2n) is 4.87. The standard InChI is InChI=1S/C14H26N2/c1-5-13(6-2)11-16-9-7-8-14(16)10-15-12(3)4/h7-9,12-13,15H,5-6,10-11H2,1-4H3. The third kappa shape index (κ3) is 4.01. The van der Waals surface area contributed by atoms with Gasteiger partial charge < -0.3 is 9.88 Å². The highest BCUT2D eigenvalue weighted by molar-refractivity contribution is 5.07. The van der Waals surface area contributed by atoms with Crippen LogP contribution in [0.3, 0.4) is 0 Å². The molecule has 0 spiro atoms. The topological polar surface area (TPSA) is 17.0 Å². The van der Waals surface area contributed by atoms with Gasteiger partial charge in [-0.3, -0.25) is 0 Å². The summed E-state index contributed by atoms with van der Waals surface area (Å²) in [7, 11) is 0. The Labute approximate surface area is 100 Å². The zero-order valence-corrected chi connectivity index (χ0v) is 11.2. The predicted octanol–water partition coefficient (Wildman–Crippen LogP) is 3.42. The molecule has 0 amide bonds. The Balaban J connectivity index is 2.55. The van der Waals surface area contributed by atoms with E-state index < -0.39 is 0 Å². The highest BCUT2D eigenvalue weighted by Gasteiger charge is 2.07. The van der Waals surface area contributed by atoms with Crippen LogP contribution in [-0.2, 0) is 13.1 Å². The molecule has 1 N–H and O–H groups in total. The van der Waals surface area contributed by atoms with Gasteiger partial charge in [-0.05, 0) is 18.1 Å². The van der Waals surface area contributed by atoms with Gasteiger partial charge in [0.25, 0.3) is 0 Å². The molecule has 1 rings (SSSR count). The first-order valence-electron chi connectivity index (χ1n) is 6.54. The third-order valence-electron chi connectivity index (χ3n) is 3.22. The lowest BCUT2D eigenvalue weighted by Crippen LogP contribution is -2.24. The average molecular weight is 222 g/mol. The maximum atomic E-state index is 3.48. The van der Waals surface area contributed by atoms with E-state index in [1.165, 1.54) is 18.5 Å². The summed E-state index contributed by atoms with van der Waals surface area (Å²) in [6.07, 6.45) is 4.74. The molecule has 0 aliphatic rings. The second kappa shape index (κ2) is 6.74. The normalized spacial score (nSPS) is 11.6. The molecule has 0 bridgehead atoms. The summed E-state index contributed by atoms with van der Waals surface area (Å²) in [6.45, 7) is 11.1. The van der Waals surface area contributed by atoms with E-state index in [-0.39, 0.29) is 0 Å². The van der Waals surface area contributed by atoms with Crippen LogP contribution < -0.4 is 5.32 Å². The van der Waals surface area contributed by atoms with Crippen LogP contribution >= 0.6 is 0 Å². The summed E-state index contributed by atoms with van der Waals surface area (Å²) in [6, 6.07) is 4.92. The van der Waals surface area contributed by atoms with Crippen molar-refractivity contribution in [2.24, 2.45) is 5.92 Å². The lowest BCUT2D eigenvalue weighted by atomic mass is 10.0. The van der Waals surface area contributed by atoms with E-state index in [4.69, 9.17) is 0 Å². The Bertz CT molecular complexity index is 285. The summed E-state index contributed by atoms with van der Waals surface area (Å²) in [5.74, 6) is 0.810. The van der Waals surface area contributed by atoms with Crippen LogP contribution in [0.4, 0.5) is 0 Å². The Hall–Kier alpha value is -0.760. The Morgan fingerprint density at radius 3 is 2.50 bits per heavy atom. The van der Waals surface area contributed by atoms with Gasteiger partial charge in [0.15, 0.2) is 0 Å². The van der Waals surface area contributed by atoms with Gasteiger partial charge >= 0.3 is 0 Å². The van der Waals surface area contributed by atoms with E-state index in [1.807, 2.05) is 0 Å². The van der Waals surface area contributed by atoms with Crippen molar-refractivity contribution in [3.8, 4) is 0 Å². The summed E-state index contributed by atoms with van der Waals surface area (Å²) in [4.78, 5) is 0. The van der Waals surface area contributed by atoms with Crippen molar-refractivity contribution in [1.82, 2.24) is 9.88 Å². The first-order valence-corrected chi connectivity index (χ1v) is 6.54. The highest BCUT2D eigenvalue weighted by Crippen LogP contribution is 2.13. The molecule has 0 aromatic carbocycles. The molecule has 1 aromatic heterocycles. The van der Waals surface area contributed by atoms with Crippen molar-refractivity contribution in [2.45, 2.75) is 59.7 Å². The van der Waals surface area contributed by atoms with Gasteiger partial charge in [0.2, 0.25) is 0 Å². The van der Waals surface area contributed by atoms with Crippen LogP contribution in [0.2, 0.25) is 0 Å². The molecule has 1 heterocycles. The van der Waals surface area contributed by atoms with E-state index in [1.54, 1.807) is 0 Å². The molecule has 0 saturated heterocycles. The fourth-order valence-corrected chi connectivity index (χ4v) is 1.92. The number of hydrogen-bond acceptors (Lipinski definition) is 1. The number of nitrogens with one attached hydrogen (secondary N) is 1. The van der Waals surface area contributed by atoms with Gasteiger partial charge in [-0.25, -0.2) is 0 Å². The van der Waals surface area contributed by atoms with Crippen LogP contribution in [0.25, 0.3) is 0 Å². The molecule has 2 nitrogen and oxygen atoms in total. The van der Waals surface area contributed by atoms with Crippen molar-refractivity contribution < 1.29 is 0 Å². The summed E-state index contributed by atoms with van der Waals surface area (Å²) in [5.41, 5.74) is 1.40. The van der Waals surface area contributed by atoms with Gasteiger partial charge in [0, 0.05) is 31.0 Å². The largest absolute Gasteiger partial charge is 0.350 e. The molecule has 16 heavy (non-hydrogen) atoms. The van der Waals surface area contributed by atoms with Gasteiger partial charge in [0.1, 0.15) is 0 Å². The number of nitrogens with zero attached hydrogens (tertiary/aromatic N) is 1. The molecule has 1 aromatic rings. The minimum atomic E-state index is 0.552. The minimum Gasteiger partial charge on any atom is -0.350 e. The predicted molar refractivity (Wildman–Crippen MR) is 70.5 cm³/mol. The van der Waals surface area contributed by atoms with E-state index in [0.29, 0.717) is 6.04 Å². The van der Waals surface area contributed by atoms with E-state index in [2.05, 4.69) is 55.9 Å². The van der Waals surface area contributed by atoms with Crippen molar-refractivity contribution in [1.29, 1.82) is 0 Å². The molecular formula is C14H26N2. The van der Waals surface area contributed by atoms with Gasteiger partial charge in [0.05, 0.1) is 0 Å². The molecule has 0 saturated carbocycles. The molecule has 0 radical (unpaired) electrons. The first-order chi connectivity index (χ1) is 7.67. The lowest BCUT2D eigenvalue weighted by molar-refractivity contribution is 0.408. The Morgan fingerprint density at radius 2 is 1.94 bits per heavy atom. The summed E-state index contributed by atoms with van der Waals surface area (Å²) >= 11 is 0. The van der Waals surface area contributed by atoms with Crippen molar-refractivity contribution >= 4 is 0 Å². The molecule has 0 atom stereocenters. The maximum Gasteiger partial charge on any atom is 0.0361 e. The quantitative estimate of drug-likeness (QED) is 0.748. The van der Waals surface area contributed by atoms with Gasteiger partial charge in [-0.1, -0.05) is 40.5 Å². The van der Waals surface area contributed by atoms with Gasteiger partial charge in [-0.2, -0.15) is 0 Å². The maximum absolute atomic E-state index is 3.48. The van der Waals surface area contributed by atoms with Crippen molar-refractivity contribution in [3.63, 3.8) is 0 Å². The fourth-order valence-electron chi connectivity index (χ4n) is 1.92. The molecule has 0 unspecified atom stereocenters. The van der Waals surface area contributed by atoms with Crippen LogP contribution in [-0.4, -0.2) is 10.6 Å². The van der Waals surface area contributed by atoms with Crippen molar-refractivity contribution in [2.75, 3.05) is 0 Å². The fraction of sp³-hybridized carbons (Fsp3) is 0.714. The molecule has 92 valence electrons. The molecule has 2 heteroatoms. The van der Waals surface area contributed by atoms with Crippen LogP contribution in [0, 0.1) is 5.92 Å². The Kier molecular flexibility index (Phi) is 5.61. The van der Waals surface area contributed by atoms with Crippen LogP contribution in [0.1, 0.15) is 46.2 Å². The molecule has 0 aliphatic carbocycles. The molecular weight excluding hydrogens is 196 g/mol. The second-order valence-corrected chi connectivity index (χ2v) is 4.87. The van der Waals surface area contributed by atoms with Crippen LogP contribution in [0.15, 0.2) is 18.3 Å². The number of hydrogen-bond donors (Lipinski definition) is 1. The number of rotatable bonds is 7. The average Bonchev–Trinajstić information content (AvgIpc) is 2.70. The zero-order chi connectivity index (χ0) is 12.0. The van der Waals surface area contributed by atoms with E-state index in [0.717, 1.165) is 19.0 Å². The van der Waals surface area contributed by atoms with E-state index >= 15 is 0 Å². The van der Waals surface area contributed by atoms with Crippen molar-refractivity contribution in [3.05, 3.63) is 24.0 Å². The zero-order valence-electron chi connectivity index (χ0n) is 11.2. The third-order valence-corrected chi connectivity index (χ3v) is 3.22. The first kappa shape index (κ1) is 13.3. The SMILES string of the molecule is CCC(CC)Cn1cccc1CNC(C)C. The lowest BCUT2D eigenvalue weighted by Gasteiger charge is -2.17. The number of aromatic nitrogens is 1. The summed E-state index contributed by atoms with van der Waals surface area (Å²) in [5, 5.41) is 3.48. The highest BCUT2D eigenvalue weighted by atomic mass is 15.0. The van der Waals surface area contributed by atoms with Gasteiger partial charge in [-0.15, -0.1) is 0 Å².